The van der Waals surface area contributed by atoms with Crippen LogP contribution in [0.2, 0.25) is 0 Å². The fraction of sp³-hybridized carbons (Fsp3) is 0.364. The third-order valence-electron chi connectivity index (χ3n) is 2.15. The summed E-state index contributed by atoms with van der Waals surface area (Å²) in [5.74, 6) is -0.138. The molecule has 0 radical (unpaired) electrons. The zero-order valence-corrected chi connectivity index (χ0v) is 12.3. The third-order valence-corrected chi connectivity index (χ3v) is 3.70. The number of hydrogen-bond acceptors (Lipinski definition) is 1. The van der Waals surface area contributed by atoms with Crippen LogP contribution in [0.4, 0.5) is 5.69 Å². The van der Waals surface area contributed by atoms with Crippen molar-refractivity contribution in [1.29, 1.82) is 0 Å². The van der Waals surface area contributed by atoms with Crippen molar-refractivity contribution in [2.45, 2.75) is 23.0 Å². The monoisotopic (exact) mass is 313 g/mol. The minimum atomic E-state index is -1.57. The summed E-state index contributed by atoms with van der Waals surface area (Å²) in [4.78, 5) is 10.9. The number of hydrogen-bond donors (Lipinski definition) is 1. The Bertz CT molecular complexity index is 428. The van der Waals surface area contributed by atoms with E-state index < -0.39 is 9.17 Å². The van der Waals surface area contributed by atoms with E-state index in [2.05, 4.69) is 5.32 Å². The van der Waals surface area contributed by atoms with E-state index in [1.165, 1.54) is 6.92 Å². The van der Waals surface area contributed by atoms with Gasteiger partial charge < -0.3 is 5.32 Å². The lowest BCUT2D eigenvalue weighted by molar-refractivity contribution is -0.114. The highest BCUT2D eigenvalue weighted by Gasteiger charge is 2.33. The predicted molar refractivity (Wildman–Crippen MR) is 74.4 cm³/mol. The van der Waals surface area contributed by atoms with Crippen LogP contribution in [0.5, 0.6) is 0 Å². The van der Waals surface area contributed by atoms with Gasteiger partial charge in [0.1, 0.15) is 5.38 Å². The number of benzene rings is 1. The minimum absolute atomic E-state index is 0.138. The highest BCUT2D eigenvalue weighted by Crippen LogP contribution is 2.45. The van der Waals surface area contributed by atoms with E-state index in [-0.39, 0.29) is 5.91 Å². The number of alkyl halides is 4. The predicted octanol–water partition coefficient (Wildman–Crippen LogP) is 4.60. The molecule has 0 fully saturated rings. The molecule has 0 aliphatic carbocycles. The first-order valence-corrected chi connectivity index (χ1v) is 6.38. The molecule has 1 N–H and O–H groups in total. The van der Waals surface area contributed by atoms with Gasteiger partial charge in [-0.25, -0.2) is 0 Å². The molecule has 1 rings (SSSR count). The smallest absolute Gasteiger partial charge is 0.221 e. The van der Waals surface area contributed by atoms with Crippen molar-refractivity contribution in [2.24, 2.45) is 0 Å². The summed E-state index contributed by atoms with van der Waals surface area (Å²) in [7, 11) is 0. The first-order valence-electron chi connectivity index (χ1n) is 4.80. The molecule has 0 bridgehead atoms. The molecular weight excluding hydrogens is 304 g/mol. The standard InChI is InChI=1S/C11H11Cl4NO/c1-6-5-8(16-7(2)17)3-4-9(6)10(12)11(13,14)15/h3-5,10H,1-2H3,(H,16,17). The van der Waals surface area contributed by atoms with Crippen molar-refractivity contribution in [1.82, 2.24) is 0 Å². The van der Waals surface area contributed by atoms with Crippen LogP contribution in [-0.2, 0) is 4.79 Å². The lowest BCUT2D eigenvalue weighted by Gasteiger charge is -2.20. The summed E-state index contributed by atoms with van der Waals surface area (Å²) in [6.45, 7) is 3.28. The second-order valence-electron chi connectivity index (χ2n) is 3.66. The number of carbonyl (C=O) groups excluding carboxylic acids is 1. The van der Waals surface area contributed by atoms with Gasteiger partial charge in [0.05, 0.1) is 0 Å². The summed E-state index contributed by atoms with van der Waals surface area (Å²) in [5, 5.41) is 1.93. The van der Waals surface area contributed by atoms with Crippen molar-refractivity contribution in [2.75, 3.05) is 5.32 Å². The average molecular weight is 315 g/mol. The van der Waals surface area contributed by atoms with Crippen LogP contribution in [0.3, 0.4) is 0 Å². The molecule has 2 nitrogen and oxygen atoms in total. The van der Waals surface area contributed by atoms with Gasteiger partial charge in [-0.05, 0) is 30.2 Å². The molecule has 0 aliphatic rings. The maximum Gasteiger partial charge on any atom is 0.221 e. The second kappa shape index (κ2) is 5.66. The SMILES string of the molecule is CC(=O)Nc1ccc(C(Cl)C(Cl)(Cl)Cl)c(C)c1. The molecule has 1 aromatic rings. The summed E-state index contributed by atoms with van der Waals surface area (Å²) in [5.41, 5.74) is 2.26. The van der Waals surface area contributed by atoms with Crippen molar-refractivity contribution >= 4 is 58.0 Å². The van der Waals surface area contributed by atoms with Crippen molar-refractivity contribution in [3.05, 3.63) is 29.3 Å². The molecule has 0 saturated heterocycles. The summed E-state index contributed by atoms with van der Waals surface area (Å²) in [6.07, 6.45) is 0. The van der Waals surface area contributed by atoms with Crippen LogP contribution in [0.25, 0.3) is 0 Å². The topological polar surface area (TPSA) is 29.1 Å². The quantitative estimate of drug-likeness (QED) is 0.794. The zero-order chi connectivity index (χ0) is 13.2. The van der Waals surface area contributed by atoms with E-state index >= 15 is 0 Å². The van der Waals surface area contributed by atoms with Gasteiger partial charge in [-0.3, -0.25) is 4.79 Å². The van der Waals surface area contributed by atoms with E-state index in [4.69, 9.17) is 46.4 Å². The normalized spacial score (nSPS) is 13.3. The average Bonchev–Trinajstić information content (AvgIpc) is 2.14. The Morgan fingerprint density at radius 3 is 2.35 bits per heavy atom. The lowest BCUT2D eigenvalue weighted by atomic mass is 10.1. The molecular formula is C11H11Cl4NO. The van der Waals surface area contributed by atoms with Crippen LogP contribution in [0.15, 0.2) is 18.2 Å². The van der Waals surface area contributed by atoms with E-state index in [1.54, 1.807) is 18.2 Å². The van der Waals surface area contributed by atoms with E-state index in [1.807, 2.05) is 6.92 Å². The van der Waals surface area contributed by atoms with Crippen molar-refractivity contribution < 1.29 is 4.79 Å². The molecule has 0 spiro atoms. The van der Waals surface area contributed by atoms with Crippen molar-refractivity contribution in [3.63, 3.8) is 0 Å². The Labute approximate surface area is 120 Å². The maximum absolute atomic E-state index is 10.9. The third kappa shape index (κ3) is 4.22. The molecule has 0 aromatic heterocycles. The highest BCUT2D eigenvalue weighted by atomic mass is 35.6. The van der Waals surface area contributed by atoms with Crippen LogP contribution in [0.1, 0.15) is 23.4 Å². The van der Waals surface area contributed by atoms with Gasteiger partial charge in [-0.2, -0.15) is 0 Å². The lowest BCUT2D eigenvalue weighted by Crippen LogP contribution is -2.13. The Kier molecular flexibility index (Phi) is 4.96. The fourth-order valence-electron chi connectivity index (χ4n) is 1.42. The Hall–Kier alpha value is -0.150. The van der Waals surface area contributed by atoms with E-state index in [0.29, 0.717) is 5.69 Å². The molecule has 0 heterocycles. The molecule has 1 aromatic carbocycles. The molecule has 1 atom stereocenters. The van der Waals surface area contributed by atoms with E-state index in [0.717, 1.165) is 11.1 Å². The van der Waals surface area contributed by atoms with Gasteiger partial charge in [0.15, 0.2) is 0 Å². The number of amides is 1. The summed E-state index contributed by atoms with van der Waals surface area (Å²) < 4.78 is -1.57. The Morgan fingerprint density at radius 2 is 1.94 bits per heavy atom. The number of halogens is 4. The summed E-state index contributed by atoms with van der Waals surface area (Å²) >= 11 is 23.3. The number of nitrogens with one attached hydrogen (secondary N) is 1. The molecule has 6 heteroatoms. The summed E-state index contributed by atoms with van der Waals surface area (Å²) in [6, 6.07) is 5.23. The second-order valence-corrected chi connectivity index (χ2v) is 6.46. The molecule has 17 heavy (non-hydrogen) atoms. The molecule has 0 saturated carbocycles. The van der Waals surface area contributed by atoms with Gasteiger partial charge in [-0.15, -0.1) is 11.6 Å². The van der Waals surface area contributed by atoms with Crippen LogP contribution in [0, 0.1) is 6.92 Å². The van der Waals surface area contributed by atoms with Crippen LogP contribution >= 0.6 is 46.4 Å². The number of anilines is 1. The number of aryl methyl sites for hydroxylation is 1. The molecule has 1 unspecified atom stereocenters. The fourth-order valence-corrected chi connectivity index (χ4v) is 2.01. The minimum Gasteiger partial charge on any atom is -0.326 e. The number of rotatable bonds is 2. The van der Waals surface area contributed by atoms with Crippen molar-refractivity contribution in [3.8, 4) is 0 Å². The zero-order valence-electron chi connectivity index (χ0n) is 9.23. The Morgan fingerprint density at radius 1 is 1.35 bits per heavy atom. The number of carbonyl (C=O) groups is 1. The molecule has 94 valence electrons. The first kappa shape index (κ1) is 14.9. The van der Waals surface area contributed by atoms with Gasteiger partial charge >= 0.3 is 0 Å². The molecule has 1 amide bonds. The maximum atomic E-state index is 10.9. The first-order chi connectivity index (χ1) is 7.71. The highest BCUT2D eigenvalue weighted by molar-refractivity contribution is 6.70. The van der Waals surface area contributed by atoms with Crippen LogP contribution < -0.4 is 5.32 Å². The van der Waals surface area contributed by atoms with Gasteiger partial charge in [0.25, 0.3) is 0 Å². The van der Waals surface area contributed by atoms with E-state index in [9.17, 15) is 4.79 Å². The largest absolute Gasteiger partial charge is 0.326 e. The van der Waals surface area contributed by atoms with Gasteiger partial charge in [0.2, 0.25) is 9.70 Å². The molecule has 0 aliphatic heterocycles. The Balaban J connectivity index is 3.01. The van der Waals surface area contributed by atoms with Crippen LogP contribution in [-0.4, -0.2) is 9.70 Å². The van der Waals surface area contributed by atoms with Gasteiger partial charge in [-0.1, -0.05) is 40.9 Å². The van der Waals surface area contributed by atoms with Gasteiger partial charge in [0, 0.05) is 12.6 Å².